The highest BCUT2D eigenvalue weighted by atomic mass is 35.5. The van der Waals surface area contributed by atoms with Crippen LogP contribution in [0.3, 0.4) is 0 Å². The van der Waals surface area contributed by atoms with Gasteiger partial charge in [-0.1, -0.05) is 46.0 Å². The Morgan fingerprint density at radius 2 is 1.88 bits per heavy atom. The normalized spacial score (nSPS) is 10.7. The topological polar surface area (TPSA) is 68.0 Å². The van der Waals surface area contributed by atoms with Gasteiger partial charge in [0.1, 0.15) is 0 Å². The maximum atomic E-state index is 12.2. The van der Waals surface area contributed by atoms with E-state index in [0.717, 1.165) is 16.7 Å². The van der Waals surface area contributed by atoms with E-state index >= 15 is 0 Å². The fraction of sp³-hybridized carbons (Fsp3) is 0.118. The number of hydrogen-bond acceptors (Lipinski definition) is 4. The van der Waals surface area contributed by atoms with Gasteiger partial charge in [0.05, 0.1) is 10.6 Å². The summed E-state index contributed by atoms with van der Waals surface area (Å²) in [5, 5.41) is 11.1. The number of benzene rings is 2. The van der Waals surface area contributed by atoms with Gasteiger partial charge in [-0.05, 0) is 43.7 Å². The van der Waals surface area contributed by atoms with Crippen molar-refractivity contribution in [3.63, 3.8) is 0 Å². The Bertz CT molecular complexity index is 922. The van der Waals surface area contributed by atoms with Crippen molar-refractivity contribution in [2.24, 2.45) is 0 Å². The molecule has 1 aromatic heterocycles. The Morgan fingerprint density at radius 1 is 1.08 bits per heavy atom. The van der Waals surface area contributed by atoms with Gasteiger partial charge in [0, 0.05) is 10.6 Å². The van der Waals surface area contributed by atoms with Crippen molar-refractivity contribution >= 4 is 35.1 Å². The molecule has 5 nitrogen and oxygen atoms in total. The predicted molar refractivity (Wildman–Crippen MR) is 93.6 cm³/mol. The van der Waals surface area contributed by atoms with E-state index < -0.39 is 5.91 Å². The van der Waals surface area contributed by atoms with Crippen molar-refractivity contribution in [3.8, 4) is 11.5 Å². The molecule has 0 saturated carbocycles. The molecule has 0 aliphatic heterocycles. The van der Waals surface area contributed by atoms with Crippen LogP contribution in [0.25, 0.3) is 11.5 Å². The molecule has 1 amide bonds. The van der Waals surface area contributed by atoms with Crippen LogP contribution in [0.15, 0.2) is 40.8 Å². The molecule has 2 aromatic carbocycles. The highest BCUT2D eigenvalue weighted by Crippen LogP contribution is 2.25. The molecule has 0 spiro atoms. The molecule has 0 radical (unpaired) electrons. The molecule has 3 aromatic rings. The van der Waals surface area contributed by atoms with E-state index in [1.54, 1.807) is 6.07 Å². The maximum absolute atomic E-state index is 12.2. The zero-order valence-corrected chi connectivity index (χ0v) is 14.4. The van der Waals surface area contributed by atoms with E-state index in [0.29, 0.717) is 10.9 Å². The number of carbonyl (C=O) groups is 1. The van der Waals surface area contributed by atoms with Gasteiger partial charge in [-0.3, -0.25) is 10.1 Å². The maximum Gasteiger partial charge on any atom is 0.322 e. The van der Waals surface area contributed by atoms with Crippen LogP contribution in [0.1, 0.15) is 21.5 Å². The highest BCUT2D eigenvalue weighted by Gasteiger charge is 2.16. The van der Waals surface area contributed by atoms with Gasteiger partial charge in [-0.25, -0.2) is 0 Å². The summed E-state index contributed by atoms with van der Waals surface area (Å²) >= 11 is 11.8. The number of aromatic nitrogens is 2. The number of rotatable bonds is 3. The van der Waals surface area contributed by atoms with Crippen LogP contribution in [-0.4, -0.2) is 16.1 Å². The van der Waals surface area contributed by atoms with E-state index in [9.17, 15) is 4.79 Å². The van der Waals surface area contributed by atoms with Gasteiger partial charge < -0.3 is 4.42 Å². The summed E-state index contributed by atoms with van der Waals surface area (Å²) in [5.74, 6) is -0.113. The summed E-state index contributed by atoms with van der Waals surface area (Å²) in [6.45, 7) is 3.96. The first-order valence-corrected chi connectivity index (χ1v) is 7.87. The van der Waals surface area contributed by atoms with E-state index in [1.165, 1.54) is 12.1 Å². The minimum Gasteiger partial charge on any atom is -0.403 e. The number of nitrogens with zero attached hydrogens (tertiary/aromatic N) is 2. The molecule has 0 aliphatic rings. The van der Waals surface area contributed by atoms with Crippen molar-refractivity contribution in [2.75, 3.05) is 5.32 Å². The molecule has 7 heteroatoms. The third-order valence-electron chi connectivity index (χ3n) is 3.43. The van der Waals surface area contributed by atoms with Crippen molar-refractivity contribution in [2.45, 2.75) is 13.8 Å². The summed E-state index contributed by atoms with van der Waals surface area (Å²) in [7, 11) is 0. The van der Waals surface area contributed by atoms with Gasteiger partial charge in [-0.15, -0.1) is 5.10 Å². The number of nitrogens with one attached hydrogen (secondary N) is 1. The van der Waals surface area contributed by atoms with E-state index in [2.05, 4.69) is 15.5 Å². The number of anilines is 1. The molecule has 0 fully saturated rings. The van der Waals surface area contributed by atoms with E-state index in [1.807, 2.05) is 32.0 Å². The average Bonchev–Trinajstić information content (AvgIpc) is 2.95. The van der Waals surface area contributed by atoms with Crippen LogP contribution in [0.2, 0.25) is 10.0 Å². The lowest BCUT2D eigenvalue weighted by Crippen LogP contribution is -2.12. The second kappa shape index (κ2) is 6.63. The van der Waals surface area contributed by atoms with Crippen molar-refractivity contribution in [1.29, 1.82) is 0 Å². The number of amides is 1. The van der Waals surface area contributed by atoms with Crippen LogP contribution in [-0.2, 0) is 0 Å². The Labute approximate surface area is 148 Å². The molecule has 0 unspecified atom stereocenters. The summed E-state index contributed by atoms with van der Waals surface area (Å²) in [5.41, 5.74) is 3.24. The predicted octanol–water partition coefficient (Wildman–Crippen LogP) is 4.91. The largest absolute Gasteiger partial charge is 0.403 e. The van der Waals surface area contributed by atoms with Crippen LogP contribution in [0.4, 0.5) is 6.01 Å². The Kier molecular flexibility index (Phi) is 4.55. The molecule has 1 heterocycles. The average molecular weight is 362 g/mol. The standard InChI is InChI=1S/C17H13Cl2N3O2/c1-9-3-5-12(10(2)7-9)16-21-22-17(24-16)20-15(23)13-6-4-11(18)8-14(13)19/h3-8H,1-2H3,(H,20,22,23). The molecule has 3 rings (SSSR count). The van der Waals surface area contributed by atoms with Gasteiger partial charge in [0.25, 0.3) is 5.91 Å². The second-order valence-corrected chi connectivity index (χ2v) is 6.15. The monoisotopic (exact) mass is 361 g/mol. The zero-order valence-electron chi connectivity index (χ0n) is 12.9. The fourth-order valence-electron chi connectivity index (χ4n) is 2.27. The van der Waals surface area contributed by atoms with Crippen molar-refractivity contribution in [3.05, 3.63) is 63.1 Å². The molecular formula is C17H13Cl2N3O2. The first-order chi connectivity index (χ1) is 11.4. The van der Waals surface area contributed by atoms with Crippen LogP contribution < -0.4 is 5.32 Å². The molecule has 0 saturated heterocycles. The van der Waals surface area contributed by atoms with E-state index in [-0.39, 0.29) is 16.6 Å². The third-order valence-corrected chi connectivity index (χ3v) is 3.98. The quantitative estimate of drug-likeness (QED) is 0.719. The minimum absolute atomic E-state index is 0.000918. The lowest BCUT2D eigenvalue weighted by Gasteiger charge is -2.04. The first kappa shape index (κ1) is 16.5. The summed E-state index contributed by atoms with van der Waals surface area (Å²) in [6, 6.07) is 10.5. The Morgan fingerprint density at radius 3 is 2.58 bits per heavy atom. The lowest BCUT2D eigenvalue weighted by molar-refractivity contribution is 0.102. The van der Waals surface area contributed by atoms with Crippen LogP contribution in [0, 0.1) is 13.8 Å². The minimum atomic E-state index is -0.451. The summed E-state index contributed by atoms with van der Waals surface area (Å²) in [4.78, 5) is 12.2. The smallest absolute Gasteiger partial charge is 0.322 e. The van der Waals surface area contributed by atoms with Gasteiger partial charge in [0.2, 0.25) is 5.89 Å². The first-order valence-electron chi connectivity index (χ1n) is 7.11. The molecule has 0 atom stereocenters. The number of aryl methyl sites for hydroxylation is 2. The van der Waals surface area contributed by atoms with Gasteiger partial charge >= 0.3 is 6.01 Å². The molecule has 1 N–H and O–H groups in total. The van der Waals surface area contributed by atoms with Crippen molar-refractivity contribution < 1.29 is 9.21 Å². The summed E-state index contributed by atoms with van der Waals surface area (Å²) in [6.07, 6.45) is 0. The van der Waals surface area contributed by atoms with E-state index in [4.69, 9.17) is 27.6 Å². The molecule has 122 valence electrons. The zero-order chi connectivity index (χ0) is 17.3. The van der Waals surface area contributed by atoms with Crippen LogP contribution in [0.5, 0.6) is 0 Å². The Balaban J connectivity index is 1.82. The third kappa shape index (κ3) is 3.42. The van der Waals surface area contributed by atoms with Crippen molar-refractivity contribution in [1.82, 2.24) is 10.2 Å². The SMILES string of the molecule is Cc1ccc(-c2nnc(NC(=O)c3ccc(Cl)cc3Cl)o2)c(C)c1. The number of hydrogen-bond donors (Lipinski definition) is 1. The van der Waals surface area contributed by atoms with Gasteiger partial charge in [-0.2, -0.15) is 0 Å². The second-order valence-electron chi connectivity index (χ2n) is 5.31. The number of carbonyl (C=O) groups excluding carboxylic acids is 1. The lowest BCUT2D eigenvalue weighted by atomic mass is 10.1. The summed E-state index contributed by atoms with van der Waals surface area (Å²) < 4.78 is 5.52. The fourth-order valence-corrected chi connectivity index (χ4v) is 2.77. The molecule has 0 bridgehead atoms. The van der Waals surface area contributed by atoms with Gasteiger partial charge in [0.15, 0.2) is 0 Å². The highest BCUT2D eigenvalue weighted by molar-refractivity contribution is 6.37. The number of halogens is 2. The Hall–Kier alpha value is -2.37. The molecule has 0 aliphatic carbocycles. The molecule has 24 heavy (non-hydrogen) atoms. The van der Waals surface area contributed by atoms with Crippen LogP contribution >= 0.6 is 23.2 Å². The molecular weight excluding hydrogens is 349 g/mol.